The fourth-order valence-electron chi connectivity index (χ4n) is 4.02. The van der Waals surface area contributed by atoms with Gasteiger partial charge in [0.1, 0.15) is 17.4 Å². The number of amidine groups is 1. The predicted octanol–water partition coefficient (Wildman–Crippen LogP) is 2.11. The van der Waals surface area contributed by atoms with Crippen molar-refractivity contribution in [3.63, 3.8) is 0 Å². The SMILES string of the molecule is COc1c(-c2ccc(S(=O)(=O)N3CC(F)(F)C[C@H]3CO)cc2F)ccc2c1C(N)=NC2. The zero-order chi connectivity index (χ0) is 22.6. The molecule has 2 aliphatic heterocycles. The second-order valence-electron chi connectivity index (χ2n) is 7.47. The number of aliphatic hydroxyl groups is 1. The molecule has 0 spiro atoms. The number of nitrogens with zero attached hydrogens (tertiary/aromatic N) is 2. The highest BCUT2D eigenvalue weighted by Crippen LogP contribution is 2.40. The average molecular weight is 455 g/mol. The summed E-state index contributed by atoms with van der Waals surface area (Å²) >= 11 is 0. The van der Waals surface area contributed by atoms with E-state index in [1.54, 1.807) is 12.1 Å². The fraction of sp³-hybridized carbons (Fsp3) is 0.350. The van der Waals surface area contributed by atoms with E-state index in [-0.39, 0.29) is 11.4 Å². The van der Waals surface area contributed by atoms with Crippen LogP contribution in [0.5, 0.6) is 5.75 Å². The number of ether oxygens (including phenoxy) is 1. The Balaban J connectivity index is 1.75. The Labute approximate surface area is 177 Å². The van der Waals surface area contributed by atoms with Crippen molar-refractivity contribution in [3.8, 4) is 16.9 Å². The lowest BCUT2D eigenvalue weighted by Gasteiger charge is -2.22. The van der Waals surface area contributed by atoms with Gasteiger partial charge >= 0.3 is 0 Å². The van der Waals surface area contributed by atoms with Crippen molar-refractivity contribution in [2.24, 2.45) is 10.7 Å². The summed E-state index contributed by atoms with van der Waals surface area (Å²) < 4.78 is 74.2. The molecule has 1 saturated heterocycles. The zero-order valence-corrected chi connectivity index (χ0v) is 17.3. The zero-order valence-electron chi connectivity index (χ0n) is 16.5. The topological polar surface area (TPSA) is 105 Å². The van der Waals surface area contributed by atoms with Crippen molar-refractivity contribution in [2.75, 3.05) is 20.3 Å². The monoisotopic (exact) mass is 455 g/mol. The van der Waals surface area contributed by atoms with Crippen molar-refractivity contribution in [1.82, 2.24) is 4.31 Å². The van der Waals surface area contributed by atoms with Crippen LogP contribution in [0.1, 0.15) is 17.5 Å². The Morgan fingerprint density at radius 2 is 2.00 bits per heavy atom. The molecule has 2 aromatic rings. The minimum absolute atomic E-state index is 0.0590. The van der Waals surface area contributed by atoms with Gasteiger partial charge in [-0.3, -0.25) is 4.99 Å². The molecule has 0 aliphatic carbocycles. The summed E-state index contributed by atoms with van der Waals surface area (Å²) in [6, 6.07) is 5.25. The molecule has 7 nitrogen and oxygen atoms in total. The Morgan fingerprint density at radius 3 is 2.65 bits per heavy atom. The van der Waals surface area contributed by atoms with Crippen LogP contribution in [0.3, 0.4) is 0 Å². The molecule has 3 N–H and O–H groups in total. The van der Waals surface area contributed by atoms with Crippen molar-refractivity contribution >= 4 is 15.9 Å². The van der Waals surface area contributed by atoms with Gasteiger partial charge in [-0.15, -0.1) is 0 Å². The second-order valence-corrected chi connectivity index (χ2v) is 9.36. The summed E-state index contributed by atoms with van der Waals surface area (Å²) in [5.41, 5.74) is 7.70. The van der Waals surface area contributed by atoms with Gasteiger partial charge in [-0.2, -0.15) is 4.31 Å². The number of methoxy groups -OCH3 is 1. The first-order chi connectivity index (χ1) is 14.6. The molecule has 0 radical (unpaired) electrons. The number of aliphatic hydroxyl groups excluding tert-OH is 1. The molecule has 0 bridgehead atoms. The van der Waals surface area contributed by atoms with Gasteiger partial charge < -0.3 is 15.6 Å². The third kappa shape index (κ3) is 3.56. The highest BCUT2D eigenvalue weighted by atomic mass is 32.2. The summed E-state index contributed by atoms with van der Waals surface area (Å²) in [7, 11) is -3.04. The highest BCUT2D eigenvalue weighted by molar-refractivity contribution is 7.89. The summed E-state index contributed by atoms with van der Waals surface area (Å²) in [6.45, 7) is -1.45. The van der Waals surface area contributed by atoms with E-state index >= 15 is 4.39 Å². The highest BCUT2D eigenvalue weighted by Gasteiger charge is 2.50. The molecule has 1 atom stereocenters. The lowest BCUT2D eigenvalue weighted by Crippen LogP contribution is -2.38. The number of rotatable bonds is 5. The molecule has 4 rings (SSSR count). The number of hydrogen-bond acceptors (Lipinski definition) is 6. The first-order valence-electron chi connectivity index (χ1n) is 9.39. The van der Waals surface area contributed by atoms with Gasteiger partial charge in [0.15, 0.2) is 0 Å². The quantitative estimate of drug-likeness (QED) is 0.719. The van der Waals surface area contributed by atoms with Crippen molar-refractivity contribution in [3.05, 3.63) is 47.3 Å². The largest absolute Gasteiger partial charge is 0.495 e. The van der Waals surface area contributed by atoms with Crippen LogP contribution < -0.4 is 10.5 Å². The Hall–Kier alpha value is -2.63. The van der Waals surface area contributed by atoms with Crippen molar-refractivity contribution in [2.45, 2.75) is 29.8 Å². The summed E-state index contributed by atoms with van der Waals surface area (Å²) in [4.78, 5) is 3.66. The fourth-order valence-corrected chi connectivity index (χ4v) is 5.68. The maximum atomic E-state index is 15.1. The summed E-state index contributed by atoms with van der Waals surface area (Å²) in [6.07, 6.45) is -0.793. The summed E-state index contributed by atoms with van der Waals surface area (Å²) in [5, 5.41) is 9.33. The predicted molar refractivity (Wildman–Crippen MR) is 107 cm³/mol. The van der Waals surface area contributed by atoms with Crippen LogP contribution in [0.4, 0.5) is 13.2 Å². The second kappa shape index (κ2) is 7.50. The minimum Gasteiger partial charge on any atom is -0.495 e. The van der Waals surface area contributed by atoms with Gasteiger partial charge in [-0.1, -0.05) is 12.1 Å². The molecule has 31 heavy (non-hydrogen) atoms. The molecule has 0 unspecified atom stereocenters. The third-order valence-electron chi connectivity index (χ3n) is 5.50. The lowest BCUT2D eigenvalue weighted by molar-refractivity contribution is 0.0161. The number of sulfonamides is 1. The van der Waals surface area contributed by atoms with E-state index in [1.165, 1.54) is 13.2 Å². The van der Waals surface area contributed by atoms with E-state index in [9.17, 15) is 22.3 Å². The van der Waals surface area contributed by atoms with Gasteiger partial charge in [0.05, 0.1) is 43.3 Å². The Bertz CT molecular complexity index is 1180. The van der Waals surface area contributed by atoms with Crippen LogP contribution in [0.25, 0.3) is 11.1 Å². The number of benzene rings is 2. The molecule has 2 aliphatic rings. The minimum atomic E-state index is -4.44. The molecule has 2 heterocycles. The van der Waals surface area contributed by atoms with Crippen LogP contribution in [0.15, 0.2) is 40.2 Å². The van der Waals surface area contributed by atoms with Gasteiger partial charge in [-0.25, -0.2) is 21.6 Å². The maximum absolute atomic E-state index is 15.1. The number of nitrogens with two attached hydrogens (primary N) is 1. The molecule has 166 valence electrons. The number of fused-ring (bicyclic) bond motifs is 1. The number of hydrogen-bond donors (Lipinski definition) is 2. The van der Waals surface area contributed by atoms with E-state index in [2.05, 4.69) is 4.99 Å². The van der Waals surface area contributed by atoms with Gasteiger partial charge in [-0.05, 0) is 23.8 Å². The van der Waals surface area contributed by atoms with E-state index in [4.69, 9.17) is 10.5 Å². The van der Waals surface area contributed by atoms with Gasteiger partial charge in [0.25, 0.3) is 5.92 Å². The first kappa shape index (κ1) is 21.6. The van der Waals surface area contributed by atoms with Crippen LogP contribution in [-0.2, 0) is 16.6 Å². The Kier molecular flexibility index (Phi) is 5.23. The summed E-state index contributed by atoms with van der Waals surface area (Å²) in [5.74, 6) is -3.57. The molecule has 1 fully saturated rings. The van der Waals surface area contributed by atoms with Crippen molar-refractivity contribution < 1.29 is 31.4 Å². The average Bonchev–Trinajstić information content (AvgIpc) is 3.26. The van der Waals surface area contributed by atoms with Crippen LogP contribution >= 0.6 is 0 Å². The number of aliphatic imine (C=N–C) groups is 1. The molecule has 2 aromatic carbocycles. The Morgan fingerprint density at radius 1 is 1.29 bits per heavy atom. The van der Waals surface area contributed by atoms with E-state index < -0.39 is 52.3 Å². The van der Waals surface area contributed by atoms with Crippen molar-refractivity contribution in [1.29, 1.82) is 0 Å². The molecule has 0 aromatic heterocycles. The van der Waals surface area contributed by atoms with Crippen LogP contribution in [0.2, 0.25) is 0 Å². The molecule has 0 saturated carbocycles. The normalized spacial score (nSPS) is 20.5. The molecular weight excluding hydrogens is 435 g/mol. The van der Waals surface area contributed by atoms with Crippen LogP contribution in [-0.4, -0.2) is 55.9 Å². The van der Waals surface area contributed by atoms with E-state index in [0.717, 1.165) is 17.7 Å². The third-order valence-corrected chi connectivity index (χ3v) is 7.40. The number of halogens is 3. The van der Waals surface area contributed by atoms with E-state index in [1.807, 2.05) is 0 Å². The first-order valence-corrected chi connectivity index (χ1v) is 10.8. The van der Waals surface area contributed by atoms with Gasteiger partial charge in [0, 0.05) is 17.5 Å². The lowest BCUT2D eigenvalue weighted by atomic mass is 9.97. The molecule has 0 amide bonds. The standard InChI is InChI=1S/C20H20F3N3O4S/c1-30-18-15(4-2-11-8-25-19(24)17(11)18)14-5-3-13(6-16(14)21)31(28,29)26-10-20(22,23)7-12(26)9-27/h2-6,12,27H,7-10H2,1H3,(H2,24,25)/t12-/m0/s1. The molecule has 11 heteroatoms. The molecular formula is C20H20F3N3O4S. The van der Waals surface area contributed by atoms with Gasteiger partial charge in [0.2, 0.25) is 10.0 Å². The maximum Gasteiger partial charge on any atom is 0.263 e. The van der Waals surface area contributed by atoms with Crippen LogP contribution in [0, 0.1) is 5.82 Å². The number of alkyl halides is 2. The van der Waals surface area contributed by atoms with E-state index in [0.29, 0.717) is 27.7 Å². The smallest absolute Gasteiger partial charge is 0.263 e.